The Morgan fingerprint density at radius 3 is 2.29 bits per heavy atom. The lowest BCUT2D eigenvalue weighted by molar-refractivity contribution is -0.145. The lowest BCUT2D eigenvalue weighted by Crippen LogP contribution is -2.53. The molecule has 0 spiro atoms. The summed E-state index contributed by atoms with van der Waals surface area (Å²) in [6.45, 7) is 5.63. The van der Waals surface area contributed by atoms with E-state index in [1.165, 1.54) is 7.11 Å². The van der Waals surface area contributed by atoms with Crippen molar-refractivity contribution >= 4 is 11.9 Å². The van der Waals surface area contributed by atoms with E-state index < -0.39 is 18.1 Å². The number of carbonyl (C=O) groups excluding carboxylic acids is 2. The van der Waals surface area contributed by atoms with Crippen molar-refractivity contribution in [2.24, 2.45) is 11.1 Å². The van der Waals surface area contributed by atoms with Crippen LogP contribution in [0.4, 0.5) is 0 Å². The van der Waals surface area contributed by atoms with Gasteiger partial charge in [0, 0.05) is 6.42 Å². The predicted octanol–water partition coefficient (Wildman–Crippen LogP) is 1.26. The quantitative estimate of drug-likeness (QED) is 0.801. The summed E-state index contributed by atoms with van der Waals surface area (Å²) in [7, 11) is 1.30. The van der Waals surface area contributed by atoms with E-state index in [9.17, 15) is 9.59 Å². The van der Waals surface area contributed by atoms with E-state index in [0.717, 1.165) is 5.56 Å². The number of amides is 1. The number of hydrogen-bond acceptors (Lipinski definition) is 4. The van der Waals surface area contributed by atoms with Crippen molar-refractivity contribution in [1.29, 1.82) is 0 Å². The summed E-state index contributed by atoms with van der Waals surface area (Å²) in [5.41, 5.74) is 6.48. The van der Waals surface area contributed by atoms with Crippen molar-refractivity contribution in [3.05, 3.63) is 35.9 Å². The van der Waals surface area contributed by atoms with Crippen LogP contribution in [0, 0.1) is 5.41 Å². The summed E-state index contributed by atoms with van der Waals surface area (Å²) in [5, 5.41) is 2.68. The molecule has 0 saturated carbocycles. The second-order valence-electron chi connectivity index (χ2n) is 6.12. The van der Waals surface area contributed by atoms with Crippen LogP contribution in [0.2, 0.25) is 0 Å². The molecule has 0 aromatic heterocycles. The Kier molecular flexibility index (Phi) is 5.90. The first-order valence-electron chi connectivity index (χ1n) is 6.93. The van der Waals surface area contributed by atoms with E-state index in [1.807, 2.05) is 51.1 Å². The van der Waals surface area contributed by atoms with E-state index >= 15 is 0 Å². The van der Waals surface area contributed by atoms with Crippen LogP contribution in [0.5, 0.6) is 0 Å². The third-order valence-corrected chi connectivity index (χ3v) is 3.30. The molecule has 3 N–H and O–H groups in total. The Bertz CT molecular complexity index is 480. The van der Waals surface area contributed by atoms with E-state index in [4.69, 9.17) is 10.5 Å². The highest BCUT2D eigenvalue weighted by molar-refractivity contribution is 5.88. The zero-order valence-electron chi connectivity index (χ0n) is 13.1. The molecule has 0 aliphatic carbocycles. The van der Waals surface area contributed by atoms with Gasteiger partial charge in [-0.25, -0.2) is 4.79 Å². The molecule has 1 rings (SSSR count). The monoisotopic (exact) mass is 292 g/mol. The second-order valence-corrected chi connectivity index (χ2v) is 6.12. The normalized spacial score (nSPS) is 14.1. The molecule has 1 amide bonds. The van der Waals surface area contributed by atoms with Gasteiger partial charge in [0.2, 0.25) is 5.91 Å². The molecule has 0 fully saturated rings. The maximum atomic E-state index is 12.2. The standard InChI is InChI=1S/C16H24N2O3/c1-16(2,3)13(17)14(19)18-12(15(20)21-4)10-11-8-6-5-7-9-11/h5-9,12-13H,10,17H2,1-4H3,(H,18,19)/t12?,13-/m1/s1. The van der Waals surface area contributed by atoms with Crippen LogP contribution in [-0.2, 0) is 20.7 Å². The van der Waals surface area contributed by atoms with E-state index in [0.29, 0.717) is 6.42 Å². The molecule has 0 heterocycles. The second kappa shape index (κ2) is 7.22. The highest BCUT2D eigenvalue weighted by Gasteiger charge is 2.31. The molecule has 0 aliphatic rings. The van der Waals surface area contributed by atoms with Crippen LogP contribution in [0.3, 0.4) is 0 Å². The van der Waals surface area contributed by atoms with Gasteiger partial charge in [-0.2, -0.15) is 0 Å². The fraction of sp³-hybridized carbons (Fsp3) is 0.500. The SMILES string of the molecule is COC(=O)C(Cc1ccccc1)NC(=O)[C@@H](N)C(C)(C)C. The van der Waals surface area contributed by atoms with Crippen LogP contribution in [0.25, 0.3) is 0 Å². The van der Waals surface area contributed by atoms with E-state index in [-0.39, 0.29) is 11.3 Å². The van der Waals surface area contributed by atoms with E-state index in [1.54, 1.807) is 0 Å². The van der Waals surface area contributed by atoms with Gasteiger partial charge in [0.1, 0.15) is 6.04 Å². The lowest BCUT2D eigenvalue weighted by Gasteiger charge is -2.27. The fourth-order valence-electron chi connectivity index (χ4n) is 1.84. The van der Waals surface area contributed by atoms with Crippen LogP contribution < -0.4 is 11.1 Å². The van der Waals surface area contributed by atoms with Crippen molar-refractivity contribution in [3.8, 4) is 0 Å². The number of rotatable bonds is 5. The zero-order valence-corrected chi connectivity index (χ0v) is 13.1. The number of nitrogens with two attached hydrogens (primary N) is 1. The third-order valence-electron chi connectivity index (χ3n) is 3.30. The molecule has 1 aromatic carbocycles. The fourth-order valence-corrected chi connectivity index (χ4v) is 1.84. The molecule has 0 saturated heterocycles. The molecule has 0 bridgehead atoms. The minimum absolute atomic E-state index is 0.353. The summed E-state index contributed by atoms with van der Waals surface area (Å²) in [6.07, 6.45) is 0.371. The van der Waals surface area contributed by atoms with Gasteiger partial charge >= 0.3 is 5.97 Å². The Balaban J connectivity index is 2.80. The molecule has 2 atom stereocenters. The zero-order chi connectivity index (χ0) is 16.0. The van der Waals surface area contributed by atoms with Gasteiger partial charge in [-0.1, -0.05) is 51.1 Å². The topological polar surface area (TPSA) is 81.4 Å². The number of methoxy groups -OCH3 is 1. The smallest absolute Gasteiger partial charge is 0.328 e. The first-order valence-corrected chi connectivity index (χ1v) is 6.93. The average Bonchev–Trinajstić information content (AvgIpc) is 2.44. The minimum atomic E-state index is -0.738. The van der Waals surface area contributed by atoms with Crippen LogP contribution in [0.15, 0.2) is 30.3 Å². The van der Waals surface area contributed by atoms with Gasteiger partial charge in [-0.15, -0.1) is 0 Å². The van der Waals surface area contributed by atoms with Crippen LogP contribution in [-0.4, -0.2) is 31.1 Å². The summed E-state index contributed by atoms with van der Waals surface area (Å²) in [5.74, 6) is -0.831. The van der Waals surface area contributed by atoms with Gasteiger partial charge in [0.15, 0.2) is 0 Å². The first kappa shape index (κ1) is 17.2. The first-order chi connectivity index (χ1) is 9.75. The third kappa shape index (κ3) is 5.19. The van der Waals surface area contributed by atoms with Gasteiger partial charge in [0.25, 0.3) is 0 Å². The highest BCUT2D eigenvalue weighted by atomic mass is 16.5. The number of hydrogen-bond donors (Lipinski definition) is 2. The molecule has 5 nitrogen and oxygen atoms in total. The van der Waals surface area contributed by atoms with E-state index in [2.05, 4.69) is 5.32 Å². The summed E-state index contributed by atoms with van der Waals surface area (Å²) in [4.78, 5) is 24.0. The van der Waals surface area contributed by atoms with Gasteiger partial charge in [-0.05, 0) is 11.0 Å². The van der Waals surface area contributed by atoms with Gasteiger partial charge in [-0.3, -0.25) is 4.79 Å². The number of esters is 1. The summed E-state index contributed by atoms with van der Waals surface area (Å²) < 4.78 is 4.76. The van der Waals surface area contributed by atoms with Gasteiger partial charge in [0.05, 0.1) is 13.2 Å². The molecular weight excluding hydrogens is 268 g/mol. The van der Waals surface area contributed by atoms with Crippen molar-refractivity contribution in [1.82, 2.24) is 5.32 Å². The van der Waals surface area contributed by atoms with Crippen molar-refractivity contribution in [2.75, 3.05) is 7.11 Å². The largest absolute Gasteiger partial charge is 0.467 e. The molecule has 21 heavy (non-hydrogen) atoms. The predicted molar refractivity (Wildman–Crippen MR) is 81.5 cm³/mol. The molecule has 1 unspecified atom stereocenters. The van der Waals surface area contributed by atoms with Gasteiger partial charge < -0.3 is 15.8 Å². The Morgan fingerprint density at radius 1 is 1.24 bits per heavy atom. The Morgan fingerprint density at radius 2 is 1.81 bits per heavy atom. The number of carbonyl (C=O) groups is 2. The molecule has 116 valence electrons. The highest BCUT2D eigenvalue weighted by Crippen LogP contribution is 2.17. The summed E-state index contributed by atoms with van der Waals surface area (Å²) in [6, 6.07) is 8.01. The molecule has 1 aromatic rings. The maximum Gasteiger partial charge on any atom is 0.328 e. The maximum absolute atomic E-state index is 12.2. The summed E-state index contributed by atoms with van der Waals surface area (Å²) >= 11 is 0. The van der Waals surface area contributed by atoms with Crippen LogP contribution in [0.1, 0.15) is 26.3 Å². The minimum Gasteiger partial charge on any atom is -0.467 e. The van der Waals surface area contributed by atoms with Crippen LogP contribution >= 0.6 is 0 Å². The average molecular weight is 292 g/mol. The Labute approximate surface area is 125 Å². The Hall–Kier alpha value is -1.88. The molecule has 5 heteroatoms. The van der Waals surface area contributed by atoms with Crippen molar-refractivity contribution in [2.45, 2.75) is 39.3 Å². The number of benzene rings is 1. The number of ether oxygens (including phenoxy) is 1. The van der Waals surface area contributed by atoms with Crippen molar-refractivity contribution < 1.29 is 14.3 Å². The molecular formula is C16H24N2O3. The van der Waals surface area contributed by atoms with Crippen molar-refractivity contribution in [3.63, 3.8) is 0 Å². The number of nitrogens with one attached hydrogen (secondary N) is 1. The molecule has 0 radical (unpaired) electrons. The molecule has 0 aliphatic heterocycles. The lowest BCUT2D eigenvalue weighted by atomic mass is 9.86.